The van der Waals surface area contributed by atoms with Crippen LogP contribution in [0, 0.1) is 0 Å². The van der Waals surface area contributed by atoms with Gasteiger partial charge in [0.25, 0.3) is 0 Å². The summed E-state index contributed by atoms with van der Waals surface area (Å²) in [6, 6.07) is 18.3. The third kappa shape index (κ3) is 5.63. The maximum absolute atomic E-state index is 12.4. The second kappa shape index (κ2) is 11.2. The zero-order valence-corrected chi connectivity index (χ0v) is 21.4. The smallest absolute Gasteiger partial charge is 0.220 e. The molecule has 0 aliphatic rings. The number of nitrogens with one attached hydrogen (secondary N) is 1. The van der Waals surface area contributed by atoms with Crippen LogP contribution in [0.4, 0.5) is 0 Å². The molecule has 0 unspecified atom stereocenters. The van der Waals surface area contributed by atoms with Gasteiger partial charge in [-0.25, -0.2) is 4.52 Å². The molecule has 0 bridgehead atoms. The topological polar surface area (TPSA) is 85.8 Å². The highest BCUT2D eigenvalue weighted by Gasteiger charge is 2.14. The maximum atomic E-state index is 12.4. The van der Waals surface area contributed by atoms with E-state index in [1.54, 1.807) is 0 Å². The first-order valence-corrected chi connectivity index (χ1v) is 12.9. The summed E-state index contributed by atoms with van der Waals surface area (Å²) in [6.45, 7) is 5.53. The number of hydrogen-bond donors (Lipinski definition) is 1. The Kier molecular flexibility index (Phi) is 7.44. The van der Waals surface area contributed by atoms with Gasteiger partial charge in [0, 0.05) is 37.3 Å². The van der Waals surface area contributed by atoms with Crippen LogP contribution in [-0.4, -0.2) is 36.7 Å². The Morgan fingerprint density at radius 1 is 0.973 bits per heavy atom. The molecular formula is C29H32N6O2. The predicted molar refractivity (Wildman–Crippen MR) is 144 cm³/mol. The van der Waals surface area contributed by atoms with Gasteiger partial charge in [0.15, 0.2) is 5.65 Å². The Morgan fingerprint density at radius 3 is 2.51 bits per heavy atom. The van der Waals surface area contributed by atoms with Crippen molar-refractivity contribution >= 4 is 17.1 Å². The lowest BCUT2D eigenvalue weighted by Crippen LogP contribution is -2.23. The average molecular weight is 497 g/mol. The standard InChI is InChI=1S/C29H32N6O2/c1-3-5-18-37-24-12-10-23(11-13-24)25-19-26-29-32-31-27(34(29)16-17-35(26)33-25)14-15-28(36)30-20-22-8-6-21(4-2)7-9-22/h6-13,16-17,19H,3-5,14-15,18,20H2,1-2H3,(H,30,36). The molecule has 5 aromatic rings. The summed E-state index contributed by atoms with van der Waals surface area (Å²) in [6.07, 6.45) is 7.79. The first-order chi connectivity index (χ1) is 18.1. The van der Waals surface area contributed by atoms with Crippen LogP contribution in [0.1, 0.15) is 50.1 Å². The minimum atomic E-state index is -0.00819. The number of carbonyl (C=O) groups is 1. The van der Waals surface area contributed by atoms with Gasteiger partial charge in [-0.2, -0.15) is 5.10 Å². The Balaban J connectivity index is 1.24. The van der Waals surface area contributed by atoms with Crippen molar-refractivity contribution in [1.82, 2.24) is 29.5 Å². The lowest BCUT2D eigenvalue weighted by Gasteiger charge is -2.06. The number of hydrogen-bond acceptors (Lipinski definition) is 5. The lowest BCUT2D eigenvalue weighted by atomic mass is 10.1. The number of aromatic nitrogens is 5. The van der Waals surface area contributed by atoms with Crippen LogP contribution in [0.25, 0.3) is 22.4 Å². The molecule has 5 rings (SSSR count). The van der Waals surface area contributed by atoms with E-state index in [0.29, 0.717) is 25.0 Å². The van der Waals surface area contributed by atoms with Crippen molar-refractivity contribution in [2.45, 2.75) is 52.5 Å². The number of rotatable bonds is 11. The molecule has 0 saturated heterocycles. The van der Waals surface area contributed by atoms with E-state index in [0.717, 1.165) is 59.8 Å². The maximum Gasteiger partial charge on any atom is 0.220 e. The Bertz CT molecular complexity index is 1490. The number of ether oxygens (including phenoxy) is 1. The van der Waals surface area contributed by atoms with Crippen molar-refractivity contribution in [2.24, 2.45) is 0 Å². The molecule has 0 atom stereocenters. The number of unbranched alkanes of at least 4 members (excludes halogenated alkanes) is 1. The molecule has 1 N–H and O–H groups in total. The molecule has 0 saturated carbocycles. The van der Waals surface area contributed by atoms with Crippen LogP contribution >= 0.6 is 0 Å². The van der Waals surface area contributed by atoms with Gasteiger partial charge in [-0.05, 0) is 54.3 Å². The fourth-order valence-corrected chi connectivity index (χ4v) is 4.23. The highest BCUT2D eigenvalue weighted by molar-refractivity contribution is 5.77. The summed E-state index contributed by atoms with van der Waals surface area (Å²) in [5, 5.41) is 16.5. The summed E-state index contributed by atoms with van der Waals surface area (Å²) in [4.78, 5) is 12.4. The van der Waals surface area contributed by atoms with E-state index in [9.17, 15) is 4.79 Å². The minimum Gasteiger partial charge on any atom is -0.494 e. The number of carbonyl (C=O) groups excluding carboxylic acids is 1. The van der Waals surface area contributed by atoms with E-state index in [1.165, 1.54) is 5.56 Å². The van der Waals surface area contributed by atoms with Crippen molar-refractivity contribution in [1.29, 1.82) is 0 Å². The highest BCUT2D eigenvalue weighted by atomic mass is 16.5. The Morgan fingerprint density at radius 2 is 1.76 bits per heavy atom. The molecule has 8 nitrogen and oxygen atoms in total. The van der Waals surface area contributed by atoms with Gasteiger partial charge >= 0.3 is 0 Å². The molecule has 1 amide bonds. The largest absolute Gasteiger partial charge is 0.494 e. The third-order valence-corrected chi connectivity index (χ3v) is 6.50. The zero-order chi connectivity index (χ0) is 25.6. The minimum absolute atomic E-state index is 0.00819. The van der Waals surface area contributed by atoms with Gasteiger partial charge in [0.1, 0.15) is 17.1 Å². The molecule has 3 aromatic heterocycles. The number of amides is 1. The Labute approximate surface area is 216 Å². The number of benzene rings is 2. The van der Waals surface area contributed by atoms with Gasteiger partial charge < -0.3 is 10.1 Å². The monoisotopic (exact) mass is 496 g/mol. The molecule has 190 valence electrons. The van der Waals surface area contributed by atoms with E-state index in [-0.39, 0.29) is 5.91 Å². The fraction of sp³-hybridized carbons (Fsp3) is 0.310. The van der Waals surface area contributed by atoms with Crippen LogP contribution in [0.2, 0.25) is 0 Å². The molecule has 3 heterocycles. The van der Waals surface area contributed by atoms with Crippen molar-refractivity contribution in [3.05, 3.63) is 83.9 Å². The van der Waals surface area contributed by atoms with E-state index in [2.05, 4.69) is 53.6 Å². The summed E-state index contributed by atoms with van der Waals surface area (Å²) >= 11 is 0. The van der Waals surface area contributed by atoms with Crippen molar-refractivity contribution < 1.29 is 9.53 Å². The second-order valence-corrected chi connectivity index (χ2v) is 9.14. The molecule has 8 heteroatoms. The van der Waals surface area contributed by atoms with Crippen LogP contribution in [-0.2, 0) is 24.2 Å². The van der Waals surface area contributed by atoms with E-state index in [4.69, 9.17) is 9.84 Å². The molecule has 2 aromatic carbocycles. The van der Waals surface area contributed by atoms with Crippen LogP contribution in [0.3, 0.4) is 0 Å². The molecule has 0 aliphatic heterocycles. The predicted octanol–water partition coefficient (Wildman–Crippen LogP) is 5.03. The fourth-order valence-electron chi connectivity index (χ4n) is 4.23. The summed E-state index contributed by atoms with van der Waals surface area (Å²) in [5.74, 6) is 1.60. The van der Waals surface area contributed by atoms with Gasteiger partial charge in [-0.3, -0.25) is 9.20 Å². The first kappa shape index (κ1) is 24.5. The summed E-state index contributed by atoms with van der Waals surface area (Å²) in [7, 11) is 0. The highest BCUT2D eigenvalue weighted by Crippen LogP contribution is 2.24. The number of fused-ring (bicyclic) bond motifs is 3. The van der Waals surface area contributed by atoms with Gasteiger partial charge in [0.05, 0.1) is 12.3 Å². The van der Waals surface area contributed by atoms with Crippen molar-refractivity contribution in [3.8, 4) is 17.0 Å². The summed E-state index contributed by atoms with van der Waals surface area (Å²) < 4.78 is 9.51. The number of aryl methyl sites for hydroxylation is 2. The number of nitrogens with zero attached hydrogens (tertiary/aromatic N) is 5. The molecule has 0 aliphatic carbocycles. The first-order valence-electron chi connectivity index (χ1n) is 12.9. The van der Waals surface area contributed by atoms with Crippen molar-refractivity contribution in [2.75, 3.05) is 6.61 Å². The van der Waals surface area contributed by atoms with E-state index in [1.807, 2.05) is 51.6 Å². The van der Waals surface area contributed by atoms with Crippen LogP contribution in [0.15, 0.2) is 67.0 Å². The van der Waals surface area contributed by atoms with Gasteiger partial charge in [-0.15, -0.1) is 10.2 Å². The SMILES string of the molecule is CCCCOc1ccc(-c2cc3c4nnc(CCC(=O)NCc5ccc(CC)cc5)n4ccn3n2)cc1. The van der Waals surface area contributed by atoms with Crippen molar-refractivity contribution in [3.63, 3.8) is 0 Å². The molecule has 0 spiro atoms. The normalized spacial score (nSPS) is 11.3. The molecular weight excluding hydrogens is 464 g/mol. The Hall–Kier alpha value is -4.20. The molecule has 0 radical (unpaired) electrons. The van der Waals surface area contributed by atoms with Crippen LogP contribution in [0.5, 0.6) is 5.75 Å². The van der Waals surface area contributed by atoms with Gasteiger partial charge in [0.2, 0.25) is 5.91 Å². The molecule has 0 fully saturated rings. The molecule has 37 heavy (non-hydrogen) atoms. The van der Waals surface area contributed by atoms with E-state index < -0.39 is 0 Å². The van der Waals surface area contributed by atoms with Gasteiger partial charge in [-0.1, -0.05) is 44.5 Å². The average Bonchev–Trinajstić information content (AvgIpc) is 3.56. The lowest BCUT2D eigenvalue weighted by molar-refractivity contribution is -0.121. The third-order valence-electron chi connectivity index (χ3n) is 6.50. The van der Waals surface area contributed by atoms with Crippen LogP contribution < -0.4 is 10.1 Å². The zero-order valence-electron chi connectivity index (χ0n) is 21.4. The second-order valence-electron chi connectivity index (χ2n) is 9.14. The summed E-state index contributed by atoms with van der Waals surface area (Å²) in [5.41, 5.74) is 5.82. The van der Waals surface area contributed by atoms with E-state index >= 15 is 0 Å². The quantitative estimate of drug-likeness (QED) is 0.259.